The first-order valence-corrected chi connectivity index (χ1v) is 10.3. The number of likely N-dealkylation sites (tertiary alicyclic amines) is 1. The van der Waals surface area contributed by atoms with E-state index in [1.165, 1.54) is 7.11 Å². The summed E-state index contributed by atoms with van der Waals surface area (Å²) in [6.45, 7) is 2.05. The molecule has 9 heteroatoms. The molecule has 1 aliphatic heterocycles. The number of hydrogen-bond acceptors (Lipinski definition) is 7. The minimum absolute atomic E-state index is 0.0674. The molecule has 0 atom stereocenters. The SMILES string of the molecule is COc1ccc(-c2noc(C(=O)NCCc3ccc(C(=O)N4CCC4)cc3)n2)cc1OC. The molecule has 1 fully saturated rings. The number of nitrogens with zero attached hydrogens (tertiary/aromatic N) is 3. The van der Waals surface area contributed by atoms with Crippen LogP contribution in [0.4, 0.5) is 0 Å². The largest absolute Gasteiger partial charge is 0.493 e. The first-order valence-electron chi connectivity index (χ1n) is 10.3. The highest BCUT2D eigenvalue weighted by Gasteiger charge is 2.21. The van der Waals surface area contributed by atoms with Gasteiger partial charge in [0.25, 0.3) is 5.91 Å². The van der Waals surface area contributed by atoms with Crippen molar-refractivity contribution in [2.45, 2.75) is 12.8 Å². The van der Waals surface area contributed by atoms with Gasteiger partial charge in [0.15, 0.2) is 11.5 Å². The second-order valence-electron chi connectivity index (χ2n) is 7.34. The van der Waals surface area contributed by atoms with E-state index < -0.39 is 5.91 Å². The van der Waals surface area contributed by atoms with Gasteiger partial charge in [-0.05, 0) is 48.7 Å². The van der Waals surface area contributed by atoms with Crippen molar-refractivity contribution >= 4 is 11.8 Å². The highest BCUT2D eigenvalue weighted by Crippen LogP contribution is 2.31. The molecule has 0 bridgehead atoms. The third-order valence-corrected chi connectivity index (χ3v) is 5.31. The third-order valence-electron chi connectivity index (χ3n) is 5.31. The molecular weight excluding hydrogens is 412 g/mol. The average molecular weight is 436 g/mol. The molecule has 2 heterocycles. The number of ether oxygens (including phenoxy) is 2. The number of hydrogen-bond donors (Lipinski definition) is 1. The second kappa shape index (κ2) is 9.51. The average Bonchev–Trinajstić information content (AvgIpc) is 3.28. The topological polar surface area (TPSA) is 107 Å². The fraction of sp³-hybridized carbons (Fsp3) is 0.304. The molecule has 166 valence electrons. The van der Waals surface area contributed by atoms with E-state index in [-0.39, 0.29) is 17.6 Å². The van der Waals surface area contributed by atoms with E-state index in [9.17, 15) is 9.59 Å². The minimum atomic E-state index is -0.450. The lowest BCUT2D eigenvalue weighted by molar-refractivity contribution is 0.0651. The van der Waals surface area contributed by atoms with E-state index in [1.54, 1.807) is 25.3 Å². The molecule has 32 heavy (non-hydrogen) atoms. The fourth-order valence-corrected chi connectivity index (χ4v) is 3.32. The summed E-state index contributed by atoms with van der Waals surface area (Å²) in [6, 6.07) is 12.7. The molecule has 9 nitrogen and oxygen atoms in total. The lowest BCUT2D eigenvalue weighted by Gasteiger charge is -2.30. The molecule has 0 unspecified atom stereocenters. The smallest absolute Gasteiger partial charge is 0.316 e. The quantitative estimate of drug-likeness (QED) is 0.578. The van der Waals surface area contributed by atoms with E-state index in [1.807, 2.05) is 29.2 Å². The lowest BCUT2D eigenvalue weighted by Crippen LogP contribution is -2.41. The molecule has 3 aromatic rings. The van der Waals surface area contributed by atoms with E-state index in [0.717, 1.165) is 25.1 Å². The molecule has 1 N–H and O–H groups in total. The molecule has 0 aliphatic carbocycles. The van der Waals surface area contributed by atoms with Crippen molar-refractivity contribution < 1.29 is 23.6 Å². The summed E-state index contributed by atoms with van der Waals surface area (Å²) in [6.07, 6.45) is 1.68. The van der Waals surface area contributed by atoms with Crippen LogP contribution >= 0.6 is 0 Å². The van der Waals surface area contributed by atoms with E-state index in [4.69, 9.17) is 14.0 Å². The van der Waals surface area contributed by atoms with E-state index in [2.05, 4.69) is 15.5 Å². The van der Waals surface area contributed by atoms with Crippen LogP contribution in [0.3, 0.4) is 0 Å². The van der Waals surface area contributed by atoms with Gasteiger partial charge in [0, 0.05) is 30.8 Å². The Kier molecular flexibility index (Phi) is 6.34. The maximum absolute atomic E-state index is 12.4. The van der Waals surface area contributed by atoms with Gasteiger partial charge in [-0.2, -0.15) is 4.98 Å². The van der Waals surface area contributed by atoms with Crippen LogP contribution in [0.2, 0.25) is 0 Å². The second-order valence-corrected chi connectivity index (χ2v) is 7.34. The number of aromatic nitrogens is 2. The Labute approximate surface area is 185 Å². The van der Waals surface area contributed by atoms with Gasteiger partial charge in [-0.3, -0.25) is 9.59 Å². The van der Waals surface area contributed by atoms with Crippen LogP contribution in [-0.2, 0) is 6.42 Å². The van der Waals surface area contributed by atoms with Crippen molar-refractivity contribution in [2.24, 2.45) is 0 Å². The molecule has 1 saturated heterocycles. The van der Waals surface area contributed by atoms with Crippen LogP contribution in [0.5, 0.6) is 11.5 Å². The number of benzene rings is 2. The van der Waals surface area contributed by atoms with Gasteiger partial charge in [0.1, 0.15) is 0 Å². The molecule has 0 saturated carbocycles. The highest BCUT2D eigenvalue weighted by atomic mass is 16.5. The van der Waals surface area contributed by atoms with Crippen LogP contribution in [0.15, 0.2) is 47.0 Å². The molecule has 4 rings (SSSR count). The zero-order valence-corrected chi connectivity index (χ0v) is 18.0. The van der Waals surface area contributed by atoms with Gasteiger partial charge >= 0.3 is 11.8 Å². The molecule has 1 aromatic heterocycles. The number of nitrogens with one attached hydrogen (secondary N) is 1. The predicted molar refractivity (Wildman–Crippen MR) is 116 cm³/mol. The van der Waals surface area contributed by atoms with Crippen LogP contribution in [0.25, 0.3) is 11.4 Å². The summed E-state index contributed by atoms with van der Waals surface area (Å²) in [5.41, 5.74) is 2.34. The monoisotopic (exact) mass is 436 g/mol. The fourth-order valence-electron chi connectivity index (χ4n) is 3.32. The first kappa shape index (κ1) is 21.4. The van der Waals surface area contributed by atoms with Gasteiger partial charge in [-0.25, -0.2) is 0 Å². The van der Waals surface area contributed by atoms with Gasteiger partial charge in [0.05, 0.1) is 14.2 Å². The van der Waals surface area contributed by atoms with Crippen molar-refractivity contribution in [3.63, 3.8) is 0 Å². The number of amides is 2. The Morgan fingerprint density at radius 3 is 2.47 bits per heavy atom. The van der Waals surface area contributed by atoms with Crippen LogP contribution in [0.1, 0.15) is 33.0 Å². The van der Waals surface area contributed by atoms with Crippen molar-refractivity contribution in [3.05, 3.63) is 59.5 Å². The summed E-state index contributed by atoms with van der Waals surface area (Å²) in [4.78, 5) is 30.6. The number of carbonyl (C=O) groups is 2. The number of carbonyl (C=O) groups excluding carboxylic acids is 2. The summed E-state index contributed by atoms with van der Waals surface area (Å²) in [7, 11) is 3.09. The zero-order chi connectivity index (χ0) is 22.5. The van der Waals surface area contributed by atoms with Crippen molar-refractivity contribution in [2.75, 3.05) is 33.9 Å². The standard InChI is InChI=1S/C23H24N4O5/c1-30-18-9-8-17(14-19(18)31-2)20-25-22(32-26-20)21(28)24-11-10-15-4-6-16(7-5-15)23(29)27-12-3-13-27/h4-9,14H,3,10-13H2,1-2H3,(H,24,28). The minimum Gasteiger partial charge on any atom is -0.493 e. The molecule has 2 aromatic carbocycles. The Morgan fingerprint density at radius 2 is 1.81 bits per heavy atom. The lowest BCUT2D eigenvalue weighted by atomic mass is 10.1. The van der Waals surface area contributed by atoms with Gasteiger partial charge in [-0.1, -0.05) is 17.3 Å². The van der Waals surface area contributed by atoms with E-state index >= 15 is 0 Å². The Balaban J connectivity index is 1.31. The molecule has 1 aliphatic rings. The van der Waals surface area contributed by atoms with Crippen LogP contribution in [0, 0.1) is 0 Å². The first-order chi connectivity index (χ1) is 15.6. The maximum atomic E-state index is 12.4. The van der Waals surface area contributed by atoms with Crippen molar-refractivity contribution in [1.29, 1.82) is 0 Å². The van der Waals surface area contributed by atoms with Gasteiger partial charge in [-0.15, -0.1) is 0 Å². The molecule has 0 spiro atoms. The Hall–Kier alpha value is -3.88. The van der Waals surface area contributed by atoms with Gasteiger partial charge in [0.2, 0.25) is 5.82 Å². The summed E-state index contributed by atoms with van der Waals surface area (Å²) in [5, 5.41) is 6.65. The summed E-state index contributed by atoms with van der Waals surface area (Å²) in [5.74, 6) is 0.879. The van der Waals surface area contributed by atoms with Crippen LogP contribution in [-0.4, -0.2) is 60.7 Å². The van der Waals surface area contributed by atoms with Crippen molar-refractivity contribution in [3.8, 4) is 22.9 Å². The highest BCUT2D eigenvalue weighted by molar-refractivity contribution is 5.94. The Bertz CT molecular complexity index is 1110. The summed E-state index contributed by atoms with van der Waals surface area (Å²) >= 11 is 0. The molecule has 0 radical (unpaired) electrons. The Morgan fingerprint density at radius 1 is 1.06 bits per heavy atom. The predicted octanol–water partition coefficient (Wildman–Crippen LogP) is 2.57. The number of rotatable bonds is 8. The maximum Gasteiger partial charge on any atom is 0.316 e. The van der Waals surface area contributed by atoms with Crippen molar-refractivity contribution in [1.82, 2.24) is 20.4 Å². The third kappa shape index (κ3) is 4.56. The molecule has 2 amide bonds. The van der Waals surface area contributed by atoms with E-state index in [0.29, 0.717) is 35.6 Å². The number of methoxy groups -OCH3 is 2. The van der Waals surface area contributed by atoms with Gasteiger partial charge < -0.3 is 24.2 Å². The summed E-state index contributed by atoms with van der Waals surface area (Å²) < 4.78 is 15.6. The molecular formula is C23H24N4O5. The zero-order valence-electron chi connectivity index (χ0n) is 18.0. The normalized spacial score (nSPS) is 12.8. The van der Waals surface area contributed by atoms with Crippen LogP contribution < -0.4 is 14.8 Å².